The van der Waals surface area contributed by atoms with E-state index in [0.717, 1.165) is 24.3 Å². The Hall–Kier alpha value is -2.77. The first-order valence-electron chi connectivity index (χ1n) is 4.65. The van der Waals surface area contributed by atoms with Crippen LogP contribution in [0.4, 0.5) is 11.4 Å². The summed E-state index contributed by atoms with van der Waals surface area (Å²) in [4.78, 5) is 30.1. The molecule has 0 unspecified atom stereocenters. The average Bonchev–Trinajstić information content (AvgIpc) is 2.28. The van der Waals surface area contributed by atoms with Crippen LogP contribution < -0.4 is 5.11 Å². The highest BCUT2D eigenvalue weighted by Gasteiger charge is 2.18. The molecule has 0 aromatic heterocycles. The van der Waals surface area contributed by atoms with Gasteiger partial charge in [0.2, 0.25) is 0 Å². The van der Waals surface area contributed by atoms with Crippen molar-refractivity contribution in [2.45, 2.75) is 6.92 Å². The van der Waals surface area contributed by atoms with Crippen molar-refractivity contribution < 1.29 is 19.7 Å². The summed E-state index contributed by atoms with van der Waals surface area (Å²) >= 11 is 0. The minimum absolute atomic E-state index is 0.0349. The van der Waals surface area contributed by atoms with Gasteiger partial charge in [0.1, 0.15) is 0 Å². The van der Waals surface area contributed by atoms with E-state index in [-0.39, 0.29) is 11.1 Å². The molecule has 8 heteroatoms. The topological polar surface area (TPSA) is 126 Å². The molecular formula is C10H7N2O6-. The summed E-state index contributed by atoms with van der Waals surface area (Å²) in [5.74, 6) is -1.47. The van der Waals surface area contributed by atoms with Gasteiger partial charge in [-0.1, -0.05) is 0 Å². The number of nitro benzene ring substituents is 2. The number of nitro groups is 2. The van der Waals surface area contributed by atoms with Gasteiger partial charge >= 0.3 is 0 Å². The molecule has 0 fully saturated rings. The predicted molar refractivity (Wildman–Crippen MR) is 58.4 cm³/mol. The third-order valence-electron chi connectivity index (χ3n) is 2.12. The molecule has 0 bridgehead atoms. The van der Waals surface area contributed by atoms with E-state index in [4.69, 9.17) is 0 Å². The zero-order chi connectivity index (χ0) is 13.9. The van der Waals surface area contributed by atoms with E-state index < -0.39 is 27.2 Å². The second kappa shape index (κ2) is 5.04. The molecule has 18 heavy (non-hydrogen) atoms. The summed E-state index contributed by atoms with van der Waals surface area (Å²) in [6.07, 6.45) is 1.02. The Bertz CT molecular complexity index is 563. The molecule has 94 valence electrons. The molecule has 0 aliphatic heterocycles. The maximum atomic E-state index is 10.7. The smallest absolute Gasteiger partial charge is 0.283 e. The van der Waals surface area contributed by atoms with E-state index in [9.17, 15) is 30.1 Å². The van der Waals surface area contributed by atoms with Crippen LogP contribution in [0.3, 0.4) is 0 Å². The SMILES string of the molecule is CC(=Cc1ccc([N+](=O)[O-])cc1[N+](=O)[O-])C(=O)[O-]. The molecule has 0 saturated carbocycles. The van der Waals surface area contributed by atoms with Crippen molar-refractivity contribution >= 4 is 23.4 Å². The number of aliphatic carboxylic acids is 1. The van der Waals surface area contributed by atoms with Crippen LogP contribution in [0.1, 0.15) is 12.5 Å². The Balaban J connectivity index is 3.37. The van der Waals surface area contributed by atoms with Crippen LogP contribution in [0.25, 0.3) is 6.08 Å². The molecule has 0 radical (unpaired) electrons. The number of hydrogen-bond donors (Lipinski definition) is 0. The quantitative estimate of drug-likeness (QED) is 0.439. The predicted octanol–water partition coefficient (Wildman–Crippen LogP) is 0.656. The van der Waals surface area contributed by atoms with Gasteiger partial charge in [-0.3, -0.25) is 20.2 Å². The monoisotopic (exact) mass is 251 g/mol. The van der Waals surface area contributed by atoms with Gasteiger partial charge in [-0.25, -0.2) is 0 Å². The molecule has 0 spiro atoms. The third kappa shape index (κ3) is 2.88. The minimum Gasteiger partial charge on any atom is -0.545 e. The fourth-order valence-electron chi connectivity index (χ4n) is 1.22. The second-order valence-electron chi connectivity index (χ2n) is 3.37. The van der Waals surface area contributed by atoms with Gasteiger partial charge in [0.15, 0.2) is 0 Å². The second-order valence-corrected chi connectivity index (χ2v) is 3.37. The van der Waals surface area contributed by atoms with Gasteiger partial charge < -0.3 is 9.90 Å². The molecule has 1 rings (SSSR count). The maximum absolute atomic E-state index is 10.7. The highest BCUT2D eigenvalue weighted by molar-refractivity contribution is 5.90. The maximum Gasteiger partial charge on any atom is 0.283 e. The number of carbonyl (C=O) groups is 1. The van der Waals surface area contributed by atoms with Crippen LogP contribution in [-0.4, -0.2) is 15.8 Å². The van der Waals surface area contributed by atoms with E-state index in [1.54, 1.807) is 0 Å². The van der Waals surface area contributed by atoms with Crippen LogP contribution in [0.15, 0.2) is 23.8 Å². The third-order valence-corrected chi connectivity index (χ3v) is 2.12. The fraction of sp³-hybridized carbons (Fsp3) is 0.100. The van der Waals surface area contributed by atoms with Crippen LogP contribution in [0, 0.1) is 20.2 Å². The lowest BCUT2D eigenvalue weighted by Gasteiger charge is -2.02. The summed E-state index contributed by atoms with van der Waals surface area (Å²) in [6, 6.07) is 2.94. The highest BCUT2D eigenvalue weighted by atomic mass is 16.6. The van der Waals surface area contributed by atoms with Crippen molar-refractivity contribution in [1.29, 1.82) is 0 Å². The number of nitrogens with zero attached hydrogens (tertiary/aromatic N) is 2. The minimum atomic E-state index is -1.47. The molecular weight excluding hydrogens is 244 g/mol. The van der Waals surface area contributed by atoms with Crippen molar-refractivity contribution in [3.8, 4) is 0 Å². The van der Waals surface area contributed by atoms with Crippen molar-refractivity contribution in [3.63, 3.8) is 0 Å². The summed E-state index contributed by atoms with van der Waals surface area (Å²) in [6.45, 7) is 1.21. The molecule has 0 saturated heterocycles. The molecule has 0 aliphatic carbocycles. The van der Waals surface area contributed by atoms with Crippen LogP contribution in [0.5, 0.6) is 0 Å². The summed E-state index contributed by atoms with van der Waals surface area (Å²) in [5, 5.41) is 31.7. The molecule has 0 atom stereocenters. The van der Waals surface area contributed by atoms with Gasteiger partial charge in [-0.05, 0) is 24.6 Å². The van der Waals surface area contributed by atoms with Crippen LogP contribution in [0.2, 0.25) is 0 Å². The van der Waals surface area contributed by atoms with Crippen molar-refractivity contribution in [2.24, 2.45) is 0 Å². The lowest BCUT2D eigenvalue weighted by Crippen LogP contribution is -2.22. The summed E-state index contributed by atoms with van der Waals surface area (Å²) < 4.78 is 0. The van der Waals surface area contributed by atoms with Crippen molar-refractivity contribution in [3.05, 3.63) is 49.6 Å². The highest BCUT2D eigenvalue weighted by Crippen LogP contribution is 2.26. The van der Waals surface area contributed by atoms with E-state index in [2.05, 4.69) is 0 Å². The first-order valence-corrected chi connectivity index (χ1v) is 4.65. The number of non-ortho nitro benzene ring substituents is 1. The van der Waals surface area contributed by atoms with Crippen molar-refractivity contribution in [2.75, 3.05) is 0 Å². The Morgan fingerprint density at radius 1 is 1.22 bits per heavy atom. The zero-order valence-corrected chi connectivity index (χ0v) is 9.15. The number of rotatable bonds is 4. The molecule has 0 heterocycles. The lowest BCUT2D eigenvalue weighted by molar-refractivity contribution is -0.394. The summed E-state index contributed by atoms with van der Waals surface area (Å²) in [7, 11) is 0. The molecule has 1 aromatic carbocycles. The normalized spacial score (nSPS) is 11.1. The Kier molecular flexibility index (Phi) is 3.72. The Morgan fingerprint density at radius 2 is 1.83 bits per heavy atom. The largest absolute Gasteiger partial charge is 0.545 e. The zero-order valence-electron chi connectivity index (χ0n) is 9.15. The Labute approximate surface area is 100 Å². The van der Waals surface area contributed by atoms with Gasteiger partial charge in [-0.2, -0.15) is 0 Å². The van der Waals surface area contributed by atoms with E-state index >= 15 is 0 Å². The number of benzene rings is 1. The van der Waals surface area contributed by atoms with Gasteiger partial charge in [-0.15, -0.1) is 0 Å². The number of carboxylic acids is 1. The van der Waals surface area contributed by atoms with Crippen LogP contribution >= 0.6 is 0 Å². The first-order chi connectivity index (χ1) is 8.32. The molecule has 8 nitrogen and oxygen atoms in total. The first kappa shape index (κ1) is 13.3. The van der Waals surface area contributed by atoms with E-state index in [1.807, 2.05) is 0 Å². The number of hydrogen-bond acceptors (Lipinski definition) is 6. The van der Waals surface area contributed by atoms with Gasteiger partial charge in [0.25, 0.3) is 11.4 Å². The molecule has 0 N–H and O–H groups in total. The number of carboxylic acid groups (broad SMARTS) is 1. The van der Waals surface area contributed by atoms with Crippen LogP contribution in [-0.2, 0) is 4.79 Å². The van der Waals surface area contributed by atoms with Gasteiger partial charge in [0, 0.05) is 6.07 Å². The summed E-state index contributed by atoms with van der Waals surface area (Å²) in [5.41, 5.74) is -1.23. The molecule has 0 amide bonds. The van der Waals surface area contributed by atoms with E-state index in [0.29, 0.717) is 0 Å². The number of carbonyl (C=O) groups excluding carboxylic acids is 1. The Morgan fingerprint density at radius 3 is 2.28 bits per heavy atom. The van der Waals surface area contributed by atoms with Crippen molar-refractivity contribution in [1.82, 2.24) is 0 Å². The van der Waals surface area contributed by atoms with Gasteiger partial charge in [0.05, 0.1) is 27.4 Å². The van der Waals surface area contributed by atoms with E-state index in [1.165, 1.54) is 6.92 Å². The average molecular weight is 251 g/mol. The molecule has 0 aliphatic rings. The standard InChI is InChI=1S/C10H8N2O6/c1-6(10(13)14)4-7-2-3-8(11(15)16)5-9(7)12(17)18/h2-5H,1H3,(H,13,14)/p-1. The lowest BCUT2D eigenvalue weighted by atomic mass is 10.1. The fourth-order valence-corrected chi connectivity index (χ4v) is 1.22. The molecule has 1 aromatic rings.